The first-order chi connectivity index (χ1) is 9.52. The van der Waals surface area contributed by atoms with Crippen molar-refractivity contribution >= 4 is 23.4 Å². The highest BCUT2D eigenvalue weighted by Crippen LogP contribution is 2.19. The van der Waals surface area contributed by atoms with Crippen LogP contribution in [0.2, 0.25) is 5.02 Å². The first-order valence-corrected chi connectivity index (χ1v) is 6.65. The predicted octanol–water partition coefficient (Wildman–Crippen LogP) is 2.65. The molecule has 1 heterocycles. The molecule has 0 aliphatic heterocycles. The van der Waals surface area contributed by atoms with Gasteiger partial charge in [-0.25, -0.2) is 9.78 Å². The number of hydrogen-bond acceptors (Lipinski definition) is 4. The van der Waals surface area contributed by atoms with Gasteiger partial charge >= 0.3 is 5.97 Å². The van der Waals surface area contributed by atoms with Crippen molar-refractivity contribution in [3.63, 3.8) is 0 Å². The predicted molar refractivity (Wildman–Crippen MR) is 77.9 cm³/mol. The third-order valence-corrected chi connectivity index (χ3v) is 3.13. The van der Waals surface area contributed by atoms with Gasteiger partial charge < -0.3 is 15.0 Å². The van der Waals surface area contributed by atoms with E-state index in [0.29, 0.717) is 29.8 Å². The average Bonchev–Trinajstić information content (AvgIpc) is 2.67. The Morgan fingerprint density at radius 2 is 2.25 bits per heavy atom. The zero-order valence-electron chi connectivity index (χ0n) is 11.4. The molecule has 0 fully saturated rings. The van der Waals surface area contributed by atoms with Gasteiger partial charge in [-0.1, -0.05) is 23.7 Å². The number of halogens is 1. The lowest BCUT2D eigenvalue weighted by atomic mass is 10.2. The van der Waals surface area contributed by atoms with Crippen LogP contribution in [0.5, 0.6) is 0 Å². The number of hydrogen-bond donors (Lipinski definition) is 1. The summed E-state index contributed by atoms with van der Waals surface area (Å²) in [6, 6.07) is 7.46. The molecule has 20 heavy (non-hydrogen) atoms. The van der Waals surface area contributed by atoms with E-state index in [1.165, 1.54) is 0 Å². The number of imidazole rings is 1. The van der Waals surface area contributed by atoms with Crippen LogP contribution in [0.1, 0.15) is 28.8 Å². The maximum atomic E-state index is 11.7. The Morgan fingerprint density at radius 1 is 1.50 bits per heavy atom. The fourth-order valence-corrected chi connectivity index (χ4v) is 2.16. The Morgan fingerprint density at radius 3 is 2.90 bits per heavy atom. The molecule has 0 radical (unpaired) electrons. The van der Waals surface area contributed by atoms with Gasteiger partial charge in [0.25, 0.3) is 0 Å². The van der Waals surface area contributed by atoms with Crippen LogP contribution in [0.3, 0.4) is 0 Å². The van der Waals surface area contributed by atoms with Gasteiger partial charge in [0.05, 0.1) is 13.2 Å². The van der Waals surface area contributed by atoms with E-state index in [0.717, 1.165) is 5.56 Å². The molecule has 0 aliphatic rings. The van der Waals surface area contributed by atoms with Gasteiger partial charge in [-0.3, -0.25) is 0 Å². The van der Waals surface area contributed by atoms with Gasteiger partial charge in [0.2, 0.25) is 0 Å². The number of nitrogen functional groups attached to an aromatic ring is 1. The summed E-state index contributed by atoms with van der Waals surface area (Å²) in [6.45, 7) is 4.33. The molecule has 106 valence electrons. The summed E-state index contributed by atoms with van der Waals surface area (Å²) in [7, 11) is 0. The molecular weight excluding hydrogens is 278 g/mol. The highest BCUT2D eigenvalue weighted by atomic mass is 35.5. The number of anilines is 1. The molecule has 5 nitrogen and oxygen atoms in total. The number of benzene rings is 1. The molecule has 0 saturated heterocycles. The molecule has 0 aliphatic carbocycles. The molecule has 0 bridgehead atoms. The van der Waals surface area contributed by atoms with Crippen molar-refractivity contribution in [1.82, 2.24) is 9.55 Å². The maximum Gasteiger partial charge on any atom is 0.360 e. The SMILES string of the molecule is CCOC(=O)c1nc(C)n(Cc2cccc(Cl)c2)c1N. The fourth-order valence-electron chi connectivity index (χ4n) is 1.95. The minimum absolute atomic E-state index is 0.159. The van der Waals surface area contributed by atoms with Crippen LogP contribution >= 0.6 is 11.6 Å². The molecule has 0 unspecified atom stereocenters. The second kappa shape index (κ2) is 5.96. The molecule has 6 heteroatoms. The quantitative estimate of drug-likeness (QED) is 0.880. The van der Waals surface area contributed by atoms with E-state index in [-0.39, 0.29) is 5.69 Å². The Kier molecular flexibility index (Phi) is 4.29. The van der Waals surface area contributed by atoms with Crippen LogP contribution in [0, 0.1) is 6.92 Å². The standard InChI is InChI=1S/C14H16ClN3O2/c1-3-20-14(19)12-13(16)18(9(2)17-12)8-10-5-4-6-11(15)7-10/h4-7H,3,8,16H2,1-2H3. The van der Waals surface area contributed by atoms with Crippen LogP contribution in [0.25, 0.3) is 0 Å². The summed E-state index contributed by atoms with van der Waals surface area (Å²) in [5, 5.41) is 0.657. The van der Waals surface area contributed by atoms with Gasteiger partial charge in [-0.15, -0.1) is 0 Å². The lowest BCUT2D eigenvalue weighted by Crippen LogP contribution is -2.10. The molecule has 0 atom stereocenters. The average molecular weight is 294 g/mol. The van der Waals surface area contributed by atoms with Crippen LogP contribution in [-0.4, -0.2) is 22.1 Å². The number of nitrogens with two attached hydrogens (primary N) is 1. The summed E-state index contributed by atoms with van der Waals surface area (Å²) >= 11 is 5.96. The molecule has 1 aromatic carbocycles. The van der Waals surface area contributed by atoms with E-state index < -0.39 is 5.97 Å². The first-order valence-electron chi connectivity index (χ1n) is 6.27. The molecule has 0 saturated carbocycles. The molecule has 2 rings (SSSR count). The number of nitrogens with zero attached hydrogens (tertiary/aromatic N) is 2. The zero-order chi connectivity index (χ0) is 14.7. The van der Waals surface area contributed by atoms with Gasteiger partial charge in [0.1, 0.15) is 11.6 Å². The number of rotatable bonds is 4. The van der Waals surface area contributed by atoms with Crippen molar-refractivity contribution in [2.45, 2.75) is 20.4 Å². The number of ether oxygens (including phenoxy) is 1. The first kappa shape index (κ1) is 14.4. The van der Waals surface area contributed by atoms with Crippen molar-refractivity contribution < 1.29 is 9.53 Å². The van der Waals surface area contributed by atoms with Crippen molar-refractivity contribution in [3.8, 4) is 0 Å². The lowest BCUT2D eigenvalue weighted by Gasteiger charge is -2.08. The van der Waals surface area contributed by atoms with Crippen molar-refractivity contribution in [2.75, 3.05) is 12.3 Å². The minimum Gasteiger partial charge on any atom is -0.461 e. The Balaban J connectivity index is 2.31. The normalized spacial score (nSPS) is 10.6. The van der Waals surface area contributed by atoms with Gasteiger partial charge in [-0.2, -0.15) is 0 Å². The summed E-state index contributed by atoms with van der Waals surface area (Å²) in [4.78, 5) is 15.9. The maximum absolute atomic E-state index is 11.7. The summed E-state index contributed by atoms with van der Waals surface area (Å²) in [5.74, 6) is 0.462. The highest BCUT2D eigenvalue weighted by Gasteiger charge is 2.19. The van der Waals surface area contributed by atoms with E-state index in [4.69, 9.17) is 22.1 Å². The van der Waals surface area contributed by atoms with Crippen molar-refractivity contribution in [3.05, 3.63) is 46.4 Å². The van der Waals surface area contributed by atoms with Crippen molar-refractivity contribution in [2.24, 2.45) is 0 Å². The van der Waals surface area contributed by atoms with Crippen LogP contribution < -0.4 is 5.73 Å². The Bertz CT molecular complexity index is 637. The number of esters is 1. The number of aromatic nitrogens is 2. The van der Waals surface area contributed by atoms with Gasteiger partial charge in [0, 0.05) is 5.02 Å². The van der Waals surface area contributed by atoms with E-state index in [9.17, 15) is 4.79 Å². The van der Waals surface area contributed by atoms with E-state index in [1.807, 2.05) is 18.2 Å². The number of carbonyl (C=O) groups is 1. The van der Waals surface area contributed by atoms with E-state index in [1.54, 1.807) is 24.5 Å². The lowest BCUT2D eigenvalue weighted by molar-refractivity contribution is 0.0521. The topological polar surface area (TPSA) is 70.1 Å². The molecule has 2 N–H and O–H groups in total. The molecule has 0 amide bonds. The largest absolute Gasteiger partial charge is 0.461 e. The van der Waals surface area contributed by atoms with E-state index >= 15 is 0 Å². The van der Waals surface area contributed by atoms with Gasteiger partial charge in [-0.05, 0) is 31.5 Å². The highest BCUT2D eigenvalue weighted by molar-refractivity contribution is 6.30. The third-order valence-electron chi connectivity index (χ3n) is 2.90. The number of carbonyl (C=O) groups excluding carboxylic acids is 1. The number of aryl methyl sites for hydroxylation is 1. The second-order valence-corrected chi connectivity index (χ2v) is 4.77. The summed E-state index contributed by atoms with van der Waals surface area (Å²) in [6.07, 6.45) is 0. The van der Waals surface area contributed by atoms with Crippen LogP contribution in [-0.2, 0) is 11.3 Å². The third kappa shape index (κ3) is 2.93. The van der Waals surface area contributed by atoms with E-state index in [2.05, 4.69) is 4.98 Å². The second-order valence-electron chi connectivity index (χ2n) is 4.33. The summed E-state index contributed by atoms with van der Waals surface area (Å²) < 4.78 is 6.69. The molecule has 1 aromatic heterocycles. The zero-order valence-corrected chi connectivity index (χ0v) is 12.1. The Hall–Kier alpha value is -2.01. The van der Waals surface area contributed by atoms with Gasteiger partial charge in [0.15, 0.2) is 5.69 Å². The smallest absolute Gasteiger partial charge is 0.360 e. The fraction of sp³-hybridized carbons (Fsp3) is 0.286. The van der Waals surface area contributed by atoms with Crippen LogP contribution in [0.15, 0.2) is 24.3 Å². The molecular formula is C14H16ClN3O2. The monoisotopic (exact) mass is 293 g/mol. The molecule has 0 spiro atoms. The van der Waals surface area contributed by atoms with Crippen LogP contribution in [0.4, 0.5) is 5.82 Å². The molecule has 2 aromatic rings. The van der Waals surface area contributed by atoms with Crippen molar-refractivity contribution in [1.29, 1.82) is 0 Å². The Labute approximate surface area is 122 Å². The minimum atomic E-state index is -0.502. The summed E-state index contributed by atoms with van der Waals surface area (Å²) in [5.41, 5.74) is 7.13.